The highest BCUT2D eigenvalue weighted by Gasteiger charge is 2.28. The van der Waals surface area contributed by atoms with Gasteiger partial charge in [0.05, 0.1) is 6.04 Å². The van der Waals surface area contributed by atoms with E-state index in [0.717, 1.165) is 28.7 Å². The lowest BCUT2D eigenvalue weighted by atomic mass is 10.2. The molecule has 1 saturated heterocycles. The molecule has 0 radical (unpaired) electrons. The predicted octanol–water partition coefficient (Wildman–Crippen LogP) is 3.37. The zero-order chi connectivity index (χ0) is 18.7. The van der Waals surface area contributed by atoms with Gasteiger partial charge in [0, 0.05) is 19.5 Å². The minimum absolute atomic E-state index is 0.0364. The molecule has 1 aromatic carbocycles. The summed E-state index contributed by atoms with van der Waals surface area (Å²) >= 11 is 1.53. The van der Waals surface area contributed by atoms with E-state index in [0.29, 0.717) is 13.0 Å². The van der Waals surface area contributed by atoms with Crippen LogP contribution in [0.1, 0.15) is 37.8 Å². The first-order chi connectivity index (χ1) is 12.3. The molecule has 0 saturated carbocycles. The van der Waals surface area contributed by atoms with Gasteiger partial charge in [-0.15, -0.1) is 10.2 Å². The molecule has 140 valence electrons. The first kappa shape index (κ1) is 18.6. The summed E-state index contributed by atoms with van der Waals surface area (Å²) in [6, 6.07) is 6.45. The Morgan fingerprint density at radius 1 is 1.35 bits per heavy atom. The van der Waals surface area contributed by atoms with Gasteiger partial charge in [0.15, 0.2) is 0 Å². The largest absolute Gasteiger partial charge is 0.444 e. The van der Waals surface area contributed by atoms with Gasteiger partial charge in [-0.1, -0.05) is 23.5 Å². The second-order valence-corrected chi connectivity index (χ2v) is 8.40. The predicted molar refractivity (Wildman–Crippen MR) is 99.1 cm³/mol. The SMILES string of the molecule is CC(C)(C)OC(=O)NC1CCN(c2nnc(Cc3ccc(F)cc3)s2)C1. The van der Waals surface area contributed by atoms with Gasteiger partial charge in [-0.25, -0.2) is 9.18 Å². The Kier molecular flexibility index (Phi) is 5.41. The van der Waals surface area contributed by atoms with Crippen molar-refractivity contribution >= 4 is 22.6 Å². The summed E-state index contributed by atoms with van der Waals surface area (Å²) in [6.07, 6.45) is 1.08. The lowest BCUT2D eigenvalue weighted by molar-refractivity contribution is 0.0509. The molecular formula is C18H23FN4O2S. The molecule has 0 bridgehead atoms. The van der Waals surface area contributed by atoms with E-state index in [1.54, 1.807) is 12.1 Å². The second kappa shape index (κ2) is 7.57. The molecule has 1 fully saturated rings. The van der Waals surface area contributed by atoms with Crippen molar-refractivity contribution in [3.05, 3.63) is 40.7 Å². The van der Waals surface area contributed by atoms with Crippen molar-refractivity contribution < 1.29 is 13.9 Å². The van der Waals surface area contributed by atoms with Crippen LogP contribution in [-0.4, -0.2) is 41.0 Å². The van der Waals surface area contributed by atoms with Crippen molar-refractivity contribution in [3.8, 4) is 0 Å². The van der Waals surface area contributed by atoms with Gasteiger partial charge in [-0.3, -0.25) is 0 Å². The third-order valence-corrected chi connectivity index (χ3v) is 4.89. The lowest BCUT2D eigenvalue weighted by Gasteiger charge is -2.21. The summed E-state index contributed by atoms with van der Waals surface area (Å²) in [5, 5.41) is 13.1. The van der Waals surface area contributed by atoms with E-state index in [1.807, 2.05) is 20.8 Å². The van der Waals surface area contributed by atoms with Crippen LogP contribution in [0.3, 0.4) is 0 Å². The number of alkyl carbamates (subject to hydrolysis) is 1. The number of carbonyl (C=O) groups is 1. The van der Waals surface area contributed by atoms with E-state index in [2.05, 4.69) is 20.4 Å². The van der Waals surface area contributed by atoms with Crippen LogP contribution in [-0.2, 0) is 11.2 Å². The minimum Gasteiger partial charge on any atom is -0.444 e. The van der Waals surface area contributed by atoms with Gasteiger partial charge < -0.3 is 15.0 Å². The zero-order valence-corrected chi connectivity index (χ0v) is 16.0. The van der Waals surface area contributed by atoms with Gasteiger partial charge in [-0.05, 0) is 44.9 Å². The fourth-order valence-corrected chi connectivity index (χ4v) is 3.65. The van der Waals surface area contributed by atoms with Crippen molar-refractivity contribution in [2.75, 3.05) is 18.0 Å². The molecule has 1 unspecified atom stereocenters. The quantitative estimate of drug-likeness (QED) is 0.883. The molecule has 6 nitrogen and oxygen atoms in total. The van der Waals surface area contributed by atoms with Crippen molar-refractivity contribution in [2.24, 2.45) is 0 Å². The Morgan fingerprint density at radius 3 is 2.77 bits per heavy atom. The summed E-state index contributed by atoms with van der Waals surface area (Å²) in [7, 11) is 0. The number of hydrogen-bond acceptors (Lipinski definition) is 6. The zero-order valence-electron chi connectivity index (χ0n) is 15.2. The van der Waals surface area contributed by atoms with Crippen LogP contribution in [0.15, 0.2) is 24.3 Å². The van der Waals surface area contributed by atoms with Crippen molar-refractivity contribution in [1.82, 2.24) is 15.5 Å². The normalized spacial score (nSPS) is 17.4. The van der Waals surface area contributed by atoms with Gasteiger partial charge in [0.1, 0.15) is 16.4 Å². The Bertz CT molecular complexity index is 757. The van der Waals surface area contributed by atoms with Crippen LogP contribution in [0.5, 0.6) is 0 Å². The van der Waals surface area contributed by atoms with Gasteiger partial charge in [-0.2, -0.15) is 0 Å². The maximum atomic E-state index is 13.0. The average molecular weight is 378 g/mol. The summed E-state index contributed by atoms with van der Waals surface area (Å²) in [6.45, 7) is 7.03. The fourth-order valence-electron chi connectivity index (χ4n) is 2.75. The molecule has 1 amide bonds. The highest BCUT2D eigenvalue weighted by atomic mass is 32.1. The molecule has 1 aliphatic heterocycles. The number of aromatic nitrogens is 2. The molecule has 1 aliphatic rings. The van der Waals surface area contributed by atoms with Crippen molar-refractivity contribution in [2.45, 2.75) is 45.3 Å². The molecule has 3 rings (SSSR count). The number of hydrogen-bond donors (Lipinski definition) is 1. The Morgan fingerprint density at radius 2 is 2.08 bits per heavy atom. The molecule has 1 N–H and O–H groups in total. The first-order valence-electron chi connectivity index (χ1n) is 8.60. The number of rotatable bonds is 4. The number of ether oxygens (including phenoxy) is 1. The summed E-state index contributed by atoms with van der Waals surface area (Å²) < 4.78 is 18.3. The summed E-state index contributed by atoms with van der Waals surface area (Å²) in [5.41, 5.74) is 0.497. The maximum Gasteiger partial charge on any atom is 0.407 e. The topological polar surface area (TPSA) is 67.3 Å². The van der Waals surface area contributed by atoms with Gasteiger partial charge in [0.2, 0.25) is 5.13 Å². The number of nitrogens with zero attached hydrogens (tertiary/aromatic N) is 3. The van der Waals surface area contributed by atoms with Crippen LogP contribution < -0.4 is 10.2 Å². The Labute approximate surface area is 156 Å². The van der Waals surface area contributed by atoms with Crippen LogP contribution in [0.25, 0.3) is 0 Å². The number of benzene rings is 1. The van der Waals surface area contributed by atoms with E-state index >= 15 is 0 Å². The molecule has 0 spiro atoms. The molecule has 2 aromatic rings. The molecular weight excluding hydrogens is 355 g/mol. The number of carbonyl (C=O) groups excluding carboxylic acids is 1. The van der Waals surface area contributed by atoms with Crippen LogP contribution in [0.2, 0.25) is 0 Å². The summed E-state index contributed by atoms with van der Waals surface area (Å²) in [4.78, 5) is 14.0. The van der Waals surface area contributed by atoms with Gasteiger partial charge >= 0.3 is 6.09 Å². The second-order valence-electron chi connectivity index (χ2n) is 7.36. The fraction of sp³-hybridized carbons (Fsp3) is 0.500. The number of nitrogens with one attached hydrogen (secondary N) is 1. The van der Waals surface area contributed by atoms with E-state index < -0.39 is 11.7 Å². The third-order valence-electron chi connectivity index (χ3n) is 3.90. The average Bonchev–Trinajstić information content (AvgIpc) is 3.17. The van der Waals surface area contributed by atoms with E-state index in [-0.39, 0.29) is 11.9 Å². The van der Waals surface area contributed by atoms with E-state index in [4.69, 9.17) is 4.74 Å². The van der Waals surface area contributed by atoms with E-state index in [1.165, 1.54) is 23.5 Å². The molecule has 26 heavy (non-hydrogen) atoms. The van der Waals surface area contributed by atoms with Crippen molar-refractivity contribution in [1.29, 1.82) is 0 Å². The highest BCUT2D eigenvalue weighted by Crippen LogP contribution is 2.26. The maximum absolute atomic E-state index is 13.0. The Balaban J connectivity index is 1.53. The van der Waals surface area contributed by atoms with Crippen LogP contribution in [0.4, 0.5) is 14.3 Å². The monoisotopic (exact) mass is 378 g/mol. The van der Waals surface area contributed by atoms with Gasteiger partial charge in [0.25, 0.3) is 0 Å². The molecule has 1 atom stereocenters. The van der Waals surface area contributed by atoms with Crippen LogP contribution in [0, 0.1) is 5.82 Å². The Hall–Kier alpha value is -2.22. The highest BCUT2D eigenvalue weighted by molar-refractivity contribution is 7.15. The van der Waals surface area contributed by atoms with E-state index in [9.17, 15) is 9.18 Å². The lowest BCUT2D eigenvalue weighted by Crippen LogP contribution is -2.40. The number of halogens is 1. The third kappa shape index (κ3) is 5.14. The molecule has 8 heteroatoms. The standard InChI is InChI=1S/C18H23FN4O2S/c1-18(2,3)25-17(24)20-14-8-9-23(11-14)16-22-21-15(26-16)10-12-4-6-13(19)7-5-12/h4-7,14H,8-11H2,1-3H3,(H,20,24). The summed E-state index contributed by atoms with van der Waals surface area (Å²) in [5.74, 6) is -0.243. The van der Waals surface area contributed by atoms with Crippen LogP contribution >= 0.6 is 11.3 Å². The first-order valence-corrected chi connectivity index (χ1v) is 9.41. The minimum atomic E-state index is -0.503. The molecule has 1 aromatic heterocycles. The molecule has 0 aliphatic carbocycles. The number of amides is 1. The molecule has 2 heterocycles. The smallest absolute Gasteiger partial charge is 0.407 e. The number of anilines is 1. The van der Waals surface area contributed by atoms with Crippen molar-refractivity contribution in [3.63, 3.8) is 0 Å².